The van der Waals surface area contributed by atoms with Gasteiger partial charge in [-0.1, -0.05) is 6.07 Å². The number of alkyl halides is 3. The molecule has 0 fully saturated rings. The van der Waals surface area contributed by atoms with E-state index in [0.29, 0.717) is 36.9 Å². The van der Waals surface area contributed by atoms with Gasteiger partial charge < -0.3 is 24.3 Å². The van der Waals surface area contributed by atoms with Crippen LogP contribution in [0.4, 0.5) is 13.2 Å². The van der Waals surface area contributed by atoms with Crippen molar-refractivity contribution in [2.75, 3.05) is 6.54 Å². The van der Waals surface area contributed by atoms with Gasteiger partial charge in [0.25, 0.3) is 11.8 Å². The molecule has 2 N–H and O–H groups in total. The van der Waals surface area contributed by atoms with Crippen LogP contribution >= 0.6 is 0 Å². The second kappa shape index (κ2) is 10.4. The molecule has 0 bridgehead atoms. The lowest BCUT2D eigenvalue weighted by Gasteiger charge is -2.33. The minimum absolute atomic E-state index is 0.162. The van der Waals surface area contributed by atoms with E-state index >= 15 is 0 Å². The first kappa shape index (κ1) is 25.5. The van der Waals surface area contributed by atoms with Gasteiger partial charge in [-0.15, -0.1) is 0 Å². The predicted octanol–water partition coefficient (Wildman–Crippen LogP) is 2.96. The number of hydrogen-bond acceptors (Lipinski definition) is 6. The fraction of sp³-hybridized carbons (Fsp3) is 0.318. The van der Waals surface area contributed by atoms with Crippen molar-refractivity contribution in [2.45, 2.75) is 39.2 Å². The van der Waals surface area contributed by atoms with E-state index in [-0.39, 0.29) is 17.9 Å². The molecule has 1 aliphatic heterocycles. The maximum Gasteiger partial charge on any atom is 0.490 e. The van der Waals surface area contributed by atoms with Crippen LogP contribution in [0.15, 0.2) is 47.3 Å². The lowest BCUT2D eigenvalue weighted by molar-refractivity contribution is -0.192. The molecule has 2 amide bonds. The summed E-state index contributed by atoms with van der Waals surface area (Å²) in [5, 5.41) is 9.96. The van der Waals surface area contributed by atoms with Gasteiger partial charge in [0, 0.05) is 31.0 Å². The zero-order chi connectivity index (χ0) is 25.8. The topological polar surface area (TPSA) is 131 Å². The van der Waals surface area contributed by atoms with Crippen molar-refractivity contribution in [3.05, 3.63) is 71.5 Å². The van der Waals surface area contributed by atoms with Crippen molar-refractivity contribution in [1.82, 2.24) is 24.8 Å². The standard InChI is InChI=1S/C20H21N5O3.C2HF3O2/c1-13-6-10-28-17(13)20(27)25-9-8-24-12-16(23-18(24)14(25)2)19(26)22-11-15-5-3-4-7-21-15;3-2(4,5)1(6)7/h3-7,10,12,14H,8-9,11H2,1-2H3,(H,22,26);(H,6,7). The number of carbonyl (C=O) groups is 3. The molecule has 3 aromatic heterocycles. The van der Waals surface area contributed by atoms with Crippen molar-refractivity contribution in [1.29, 1.82) is 0 Å². The lowest BCUT2D eigenvalue weighted by Crippen LogP contribution is -2.41. The van der Waals surface area contributed by atoms with E-state index in [2.05, 4.69) is 15.3 Å². The number of pyridine rings is 1. The van der Waals surface area contributed by atoms with Crippen LogP contribution in [0.5, 0.6) is 0 Å². The monoisotopic (exact) mass is 493 g/mol. The number of amides is 2. The fourth-order valence-electron chi connectivity index (χ4n) is 3.36. The van der Waals surface area contributed by atoms with Gasteiger partial charge in [-0.3, -0.25) is 14.6 Å². The number of imidazole rings is 1. The molecule has 0 saturated carbocycles. The highest BCUT2D eigenvalue weighted by Crippen LogP contribution is 2.27. The summed E-state index contributed by atoms with van der Waals surface area (Å²) in [7, 11) is 0. The number of furan rings is 1. The molecule has 186 valence electrons. The highest BCUT2D eigenvalue weighted by atomic mass is 19.4. The van der Waals surface area contributed by atoms with E-state index in [1.807, 2.05) is 36.6 Å². The number of rotatable bonds is 4. The van der Waals surface area contributed by atoms with E-state index in [0.717, 1.165) is 11.3 Å². The SMILES string of the molecule is Cc1ccoc1C(=O)N1CCn2cc(C(=O)NCc3ccccn3)nc2C1C.O=C(O)C(F)(F)F. The van der Waals surface area contributed by atoms with Gasteiger partial charge in [0.2, 0.25) is 0 Å². The molecule has 4 heterocycles. The molecule has 0 aliphatic carbocycles. The number of halogens is 3. The summed E-state index contributed by atoms with van der Waals surface area (Å²) in [6.07, 6.45) is -0.146. The maximum atomic E-state index is 12.8. The number of nitrogens with one attached hydrogen (secondary N) is 1. The van der Waals surface area contributed by atoms with Crippen LogP contribution in [-0.4, -0.2) is 55.0 Å². The van der Waals surface area contributed by atoms with Gasteiger partial charge >= 0.3 is 12.1 Å². The maximum absolute atomic E-state index is 12.8. The Labute approximate surface area is 197 Å². The van der Waals surface area contributed by atoms with Gasteiger partial charge in [0.1, 0.15) is 11.5 Å². The third-order valence-corrected chi connectivity index (χ3v) is 5.18. The van der Waals surface area contributed by atoms with Crippen molar-refractivity contribution in [2.24, 2.45) is 0 Å². The second-order valence-corrected chi connectivity index (χ2v) is 7.59. The number of nitrogens with zero attached hydrogens (tertiary/aromatic N) is 4. The highest BCUT2D eigenvalue weighted by Gasteiger charge is 2.38. The molecule has 0 saturated heterocycles. The minimum Gasteiger partial charge on any atom is -0.475 e. The summed E-state index contributed by atoms with van der Waals surface area (Å²) in [4.78, 5) is 44.6. The Morgan fingerprint density at radius 2 is 1.94 bits per heavy atom. The zero-order valence-corrected chi connectivity index (χ0v) is 18.7. The summed E-state index contributed by atoms with van der Waals surface area (Å²) >= 11 is 0. The Morgan fingerprint density at radius 1 is 1.23 bits per heavy atom. The smallest absolute Gasteiger partial charge is 0.475 e. The van der Waals surface area contributed by atoms with Crippen molar-refractivity contribution in [3.63, 3.8) is 0 Å². The molecule has 3 aromatic rings. The first-order valence-corrected chi connectivity index (χ1v) is 10.4. The van der Waals surface area contributed by atoms with E-state index in [4.69, 9.17) is 14.3 Å². The minimum atomic E-state index is -5.08. The van der Waals surface area contributed by atoms with E-state index in [1.54, 1.807) is 23.4 Å². The molecule has 1 unspecified atom stereocenters. The van der Waals surface area contributed by atoms with Crippen LogP contribution in [0, 0.1) is 6.92 Å². The Bertz CT molecular complexity index is 1210. The highest BCUT2D eigenvalue weighted by molar-refractivity contribution is 5.93. The number of hydrogen-bond donors (Lipinski definition) is 2. The van der Waals surface area contributed by atoms with E-state index in [1.165, 1.54) is 6.26 Å². The predicted molar refractivity (Wildman–Crippen MR) is 114 cm³/mol. The molecule has 0 aromatic carbocycles. The van der Waals surface area contributed by atoms with Gasteiger partial charge in [-0.2, -0.15) is 13.2 Å². The van der Waals surface area contributed by atoms with Gasteiger partial charge in [0.05, 0.1) is 24.5 Å². The molecule has 1 aliphatic rings. The molecule has 0 radical (unpaired) electrons. The Hall–Kier alpha value is -4.16. The number of aryl methyl sites for hydroxylation is 1. The van der Waals surface area contributed by atoms with Crippen LogP contribution in [0.1, 0.15) is 51.1 Å². The van der Waals surface area contributed by atoms with Crippen molar-refractivity contribution < 1.29 is 37.1 Å². The number of aliphatic carboxylic acids is 1. The van der Waals surface area contributed by atoms with Gasteiger partial charge in [0.15, 0.2) is 5.76 Å². The average molecular weight is 493 g/mol. The summed E-state index contributed by atoms with van der Waals surface area (Å²) in [5.74, 6) is -2.15. The summed E-state index contributed by atoms with van der Waals surface area (Å²) in [6, 6.07) is 7.06. The Morgan fingerprint density at radius 3 is 2.51 bits per heavy atom. The number of carboxylic acids is 1. The van der Waals surface area contributed by atoms with E-state index < -0.39 is 12.1 Å². The second-order valence-electron chi connectivity index (χ2n) is 7.59. The molecule has 10 nitrogen and oxygen atoms in total. The van der Waals surface area contributed by atoms with Crippen molar-refractivity contribution >= 4 is 17.8 Å². The first-order chi connectivity index (χ1) is 16.5. The quantitative estimate of drug-likeness (QED) is 0.571. The molecule has 0 spiro atoms. The van der Waals surface area contributed by atoms with Crippen LogP contribution < -0.4 is 5.32 Å². The normalized spacial score (nSPS) is 15.0. The van der Waals surface area contributed by atoms with Gasteiger partial charge in [-0.25, -0.2) is 9.78 Å². The third kappa shape index (κ3) is 6.05. The van der Waals surface area contributed by atoms with Crippen molar-refractivity contribution in [3.8, 4) is 0 Å². The van der Waals surface area contributed by atoms with Crippen LogP contribution in [0.2, 0.25) is 0 Å². The third-order valence-electron chi connectivity index (χ3n) is 5.18. The fourth-order valence-corrected chi connectivity index (χ4v) is 3.36. The van der Waals surface area contributed by atoms with Crippen LogP contribution in [0.25, 0.3) is 0 Å². The molecule has 35 heavy (non-hydrogen) atoms. The number of aromatic nitrogens is 3. The summed E-state index contributed by atoms with van der Waals surface area (Å²) in [5.41, 5.74) is 1.92. The lowest BCUT2D eigenvalue weighted by atomic mass is 10.1. The summed E-state index contributed by atoms with van der Waals surface area (Å²) in [6.45, 7) is 5.18. The first-order valence-electron chi connectivity index (χ1n) is 10.4. The molecule has 4 rings (SSSR count). The summed E-state index contributed by atoms with van der Waals surface area (Å²) < 4.78 is 39.0. The number of carboxylic acid groups (broad SMARTS) is 1. The average Bonchev–Trinajstić information content (AvgIpc) is 3.44. The number of fused-ring (bicyclic) bond motifs is 1. The van der Waals surface area contributed by atoms with Gasteiger partial charge in [-0.05, 0) is 32.0 Å². The zero-order valence-electron chi connectivity index (χ0n) is 18.7. The van der Waals surface area contributed by atoms with Crippen LogP contribution in [-0.2, 0) is 17.9 Å². The number of carbonyl (C=O) groups excluding carboxylic acids is 2. The molecular formula is C22H22F3N5O5. The molecular weight excluding hydrogens is 471 g/mol. The Kier molecular flexibility index (Phi) is 7.57. The van der Waals surface area contributed by atoms with Crippen LogP contribution in [0.3, 0.4) is 0 Å². The largest absolute Gasteiger partial charge is 0.490 e. The Balaban J connectivity index is 0.000000429. The molecule has 13 heteroatoms. The van der Waals surface area contributed by atoms with E-state index in [9.17, 15) is 22.8 Å². The molecule has 1 atom stereocenters.